The van der Waals surface area contributed by atoms with E-state index in [1.807, 2.05) is 0 Å². The zero-order valence-electron chi connectivity index (χ0n) is 13.7. The molecule has 0 bridgehead atoms. The maximum Gasteiger partial charge on any atom is 0.342 e. The predicted molar refractivity (Wildman–Crippen MR) is 86.5 cm³/mol. The molecule has 0 aliphatic heterocycles. The maximum absolute atomic E-state index is 11.2. The fourth-order valence-electron chi connectivity index (χ4n) is 2.54. The van der Waals surface area contributed by atoms with E-state index in [1.165, 1.54) is 6.92 Å². The number of hydrogen-bond acceptors (Lipinski definition) is 6. The van der Waals surface area contributed by atoms with Crippen molar-refractivity contribution in [3.8, 4) is 5.75 Å². The summed E-state index contributed by atoms with van der Waals surface area (Å²) in [4.78, 5) is 11.2. The lowest BCUT2D eigenvalue weighted by Gasteiger charge is -2.16. The van der Waals surface area contributed by atoms with E-state index in [0.29, 0.717) is 12.0 Å². The first-order valence-electron chi connectivity index (χ1n) is 8.23. The Morgan fingerprint density at radius 1 is 1.09 bits per heavy atom. The van der Waals surface area contributed by atoms with Crippen LogP contribution in [0, 0.1) is 6.92 Å². The van der Waals surface area contributed by atoms with Crippen molar-refractivity contribution in [2.45, 2.75) is 70.5 Å². The van der Waals surface area contributed by atoms with Gasteiger partial charge in [-0.3, -0.25) is 0 Å². The summed E-state index contributed by atoms with van der Waals surface area (Å²) < 4.78 is 4.78. The van der Waals surface area contributed by atoms with Crippen LogP contribution in [0.15, 0.2) is 15.5 Å². The Morgan fingerprint density at radius 3 is 2.43 bits per heavy atom. The summed E-state index contributed by atoms with van der Waals surface area (Å²) >= 11 is 0. The Labute approximate surface area is 136 Å². The summed E-state index contributed by atoms with van der Waals surface area (Å²) in [7, 11) is 0. The molecule has 0 saturated carbocycles. The molecule has 23 heavy (non-hydrogen) atoms. The van der Waals surface area contributed by atoms with Crippen molar-refractivity contribution in [1.29, 1.82) is 0 Å². The van der Waals surface area contributed by atoms with Crippen LogP contribution in [-0.2, 0) is 6.42 Å². The van der Waals surface area contributed by atoms with Crippen LogP contribution in [0.5, 0.6) is 5.75 Å². The highest BCUT2D eigenvalue weighted by atomic mass is 16.4. The van der Waals surface area contributed by atoms with E-state index in [1.54, 1.807) is 0 Å². The van der Waals surface area contributed by atoms with E-state index in [9.17, 15) is 20.1 Å². The highest BCUT2D eigenvalue weighted by Gasteiger charge is 2.16. The van der Waals surface area contributed by atoms with Gasteiger partial charge in [-0.2, -0.15) is 0 Å². The molecular formula is C17H28O6. The second kappa shape index (κ2) is 10.4. The molecule has 2 atom stereocenters. The van der Waals surface area contributed by atoms with E-state index >= 15 is 0 Å². The van der Waals surface area contributed by atoms with E-state index in [2.05, 4.69) is 0 Å². The van der Waals surface area contributed by atoms with Crippen LogP contribution in [-0.4, -0.2) is 39.2 Å². The van der Waals surface area contributed by atoms with Crippen molar-refractivity contribution < 1.29 is 24.8 Å². The average molecular weight is 328 g/mol. The van der Waals surface area contributed by atoms with Gasteiger partial charge in [-0.15, -0.1) is 0 Å². The van der Waals surface area contributed by atoms with Crippen molar-refractivity contribution in [2.24, 2.45) is 0 Å². The molecule has 0 unspecified atom stereocenters. The Hall–Kier alpha value is -1.37. The number of aliphatic hydroxyl groups is 3. The molecule has 132 valence electrons. The highest BCUT2D eigenvalue weighted by Crippen LogP contribution is 2.21. The predicted octanol–water partition coefficient (Wildman–Crippen LogP) is 1.64. The average Bonchev–Trinajstić information content (AvgIpc) is 2.51. The third-order valence-electron chi connectivity index (χ3n) is 3.97. The van der Waals surface area contributed by atoms with Crippen molar-refractivity contribution >= 4 is 0 Å². The third-order valence-corrected chi connectivity index (χ3v) is 3.97. The lowest BCUT2D eigenvalue weighted by molar-refractivity contribution is 0.0736. The van der Waals surface area contributed by atoms with E-state index in [-0.39, 0.29) is 30.8 Å². The Balaban J connectivity index is 2.32. The highest BCUT2D eigenvalue weighted by molar-refractivity contribution is 5.35. The minimum atomic E-state index is -0.808. The topological polar surface area (TPSA) is 111 Å². The van der Waals surface area contributed by atoms with Gasteiger partial charge in [0.05, 0.1) is 17.8 Å². The van der Waals surface area contributed by atoms with Crippen LogP contribution in [0.1, 0.15) is 56.1 Å². The zero-order chi connectivity index (χ0) is 17.2. The van der Waals surface area contributed by atoms with Crippen molar-refractivity contribution in [3.63, 3.8) is 0 Å². The molecule has 0 aliphatic rings. The smallest absolute Gasteiger partial charge is 0.342 e. The first kappa shape index (κ1) is 19.7. The van der Waals surface area contributed by atoms with Gasteiger partial charge in [-0.25, -0.2) is 4.79 Å². The van der Waals surface area contributed by atoms with Gasteiger partial charge in [-0.05, 0) is 26.2 Å². The minimum Gasteiger partial charge on any atom is -0.507 e. The summed E-state index contributed by atoms with van der Waals surface area (Å²) in [6, 6.07) is 0. The van der Waals surface area contributed by atoms with Crippen LogP contribution in [0.25, 0.3) is 0 Å². The molecule has 0 spiro atoms. The molecule has 1 aromatic rings. The summed E-state index contributed by atoms with van der Waals surface area (Å²) in [5.41, 5.74) is -0.106. The van der Waals surface area contributed by atoms with Gasteiger partial charge in [0, 0.05) is 18.6 Å². The molecule has 0 aromatic carbocycles. The van der Waals surface area contributed by atoms with Crippen LogP contribution >= 0.6 is 0 Å². The molecule has 0 amide bonds. The third kappa shape index (κ3) is 7.16. The van der Waals surface area contributed by atoms with Crippen molar-refractivity contribution in [2.75, 3.05) is 6.61 Å². The standard InChI is InChI=1S/C17H28O6/c1-12-16(21)13(11-23-17(12)22)9-15(20)10-14(19)7-5-3-2-4-6-8-18/h11,14-15,18-21H,2-10H2,1H3/t14-,15+/m1/s1. The zero-order valence-corrected chi connectivity index (χ0v) is 13.7. The SMILES string of the molecule is Cc1c(O)c(C[C@H](O)C[C@H](O)CCCCCCCO)coc1=O. The van der Waals surface area contributed by atoms with Crippen LogP contribution < -0.4 is 5.63 Å². The van der Waals surface area contributed by atoms with Crippen molar-refractivity contribution in [3.05, 3.63) is 27.8 Å². The molecule has 6 nitrogen and oxygen atoms in total. The second-order valence-corrected chi connectivity index (χ2v) is 6.05. The second-order valence-electron chi connectivity index (χ2n) is 6.05. The summed E-state index contributed by atoms with van der Waals surface area (Å²) in [6.07, 6.45) is 5.43. The molecule has 4 N–H and O–H groups in total. The quantitative estimate of drug-likeness (QED) is 0.460. The normalized spacial score (nSPS) is 13.9. The lowest BCUT2D eigenvalue weighted by atomic mass is 9.99. The molecule has 1 aromatic heterocycles. The number of unbranched alkanes of at least 4 members (excludes halogenated alkanes) is 4. The van der Waals surface area contributed by atoms with E-state index in [4.69, 9.17) is 9.52 Å². The first-order valence-corrected chi connectivity index (χ1v) is 8.23. The monoisotopic (exact) mass is 328 g/mol. The van der Waals surface area contributed by atoms with Crippen LogP contribution in [0.2, 0.25) is 0 Å². The van der Waals surface area contributed by atoms with E-state index < -0.39 is 17.8 Å². The van der Waals surface area contributed by atoms with E-state index in [0.717, 1.165) is 38.4 Å². The Morgan fingerprint density at radius 2 is 1.74 bits per heavy atom. The first-order chi connectivity index (χ1) is 11.0. The fourth-order valence-corrected chi connectivity index (χ4v) is 2.54. The summed E-state index contributed by atoms with van der Waals surface area (Å²) in [5.74, 6) is -0.154. The lowest BCUT2D eigenvalue weighted by Crippen LogP contribution is -2.20. The maximum atomic E-state index is 11.2. The Kier molecular flexibility index (Phi) is 8.91. The van der Waals surface area contributed by atoms with Crippen LogP contribution in [0.3, 0.4) is 0 Å². The molecular weight excluding hydrogens is 300 g/mol. The molecule has 6 heteroatoms. The van der Waals surface area contributed by atoms with Gasteiger partial charge in [0.25, 0.3) is 0 Å². The Bertz CT molecular complexity index is 510. The van der Waals surface area contributed by atoms with Crippen LogP contribution in [0.4, 0.5) is 0 Å². The van der Waals surface area contributed by atoms with Gasteiger partial charge in [0.2, 0.25) is 0 Å². The molecule has 0 fully saturated rings. The molecule has 1 rings (SSSR count). The molecule has 0 aliphatic carbocycles. The molecule has 0 saturated heterocycles. The minimum absolute atomic E-state index is 0.123. The summed E-state index contributed by atoms with van der Waals surface area (Å²) in [6.45, 7) is 1.68. The number of aromatic hydroxyl groups is 1. The summed E-state index contributed by atoms with van der Waals surface area (Å²) in [5, 5.41) is 38.5. The molecule has 1 heterocycles. The van der Waals surface area contributed by atoms with Crippen molar-refractivity contribution in [1.82, 2.24) is 0 Å². The van der Waals surface area contributed by atoms with Gasteiger partial charge in [0.15, 0.2) is 0 Å². The number of aliphatic hydroxyl groups excluding tert-OH is 3. The van der Waals surface area contributed by atoms with Gasteiger partial charge >= 0.3 is 5.63 Å². The largest absolute Gasteiger partial charge is 0.507 e. The number of rotatable bonds is 11. The van der Waals surface area contributed by atoms with Gasteiger partial charge < -0.3 is 24.8 Å². The number of hydrogen-bond donors (Lipinski definition) is 4. The van der Waals surface area contributed by atoms with Gasteiger partial charge in [-0.1, -0.05) is 25.7 Å². The molecule has 0 radical (unpaired) electrons. The fraction of sp³-hybridized carbons (Fsp3) is 0.706. The van der Waals surface area contributed by atoms with Gasteiger partial charge in [0.1, 0.15) is 12.0 Å².